The van der Waals surface area contributed by atoms with Crippen LogP contribution in [0.15, 0.2) is 30.5 Å². The van der Waals surface area contributed by atoms with Crippen molar-refractivity contribution in [3.05, 3.63) is 42.1 Å². The molecule has 2 N–H and O–H groups in total. The van der Waals surface area contributed by atoms with E-state index in [1.165, 1.54) is 19.1 Å². The second-order valence-electron chi connectivity index (χ2n) is 5.30. The smallest absolute Gasteiger partial charge is 0.216 e. The molecule has 24 heavy (non-hydrogen) atoms. The first kappa shape index (κ1) is 15.9. The number of carbonyl (C=O) groups is 1. The van der Waals surface area contributed by atoms with Gasteiger partial charge < -0.3 is 10.6 Å². The number of hydrogen-bond acceptors (Lipinski definition) is 5. The maximum atomic E-state index is 13.5. The quantitative estimate of drug-likeness (QED) is 0.698. The molecular formula is C16H17FN6O. The fraction of sp³-hybridized carbons (Fsp3) is 0.250. The molecule has 0 fully saturated rings. The second-order valence-corrected chi connectivity index (χ2v) is 5.30. The first-order chi connectivity index (χ1) is 11.5. The number of rotatable bonds is 5. The lowest BCUT2D eigenvalue weighted by atomic mass is 10.3. The van der Waals surface area contributed by atoms with Crippen molar-refractivity contribution in [3.8, 4) is 5.69 Å². The van der Waals surface area contributed by atoms with Gasteiger partial charge in [0, 0.05) is 20.0 Å². The fourth-order valence-electron chi connectivity index (χ4n) is 2.37. The molecule has 0 aliphatic rings. The second kappa shape index (κ2) is 6.61. The molecular weight excluding hydrogens is 311 g/mol. The molecule has 2 heterocycles. The third-order valence-corrected chi connectivity index (χ3v) is 3.38. The van der Waals surface area contributed by atoms with Crippen molar-refractivity contribution in [1.29, 1.82) is 0 Å². The van der Waals surface area contributed by atoms with Crippen molar-refractivity contribution in [1.82, 2.24) is 25.1 Å². The van der Waals surface area contributed by atoms with Gasteiger partial charge in [-0.15, -0.1) is 0 Å². The Labute approximate surface area is 137 Å². The lowest BCUT2D eigenvalue weighted by Gasteiger charge is -2.09. The van der Waals surface area contributed by atoms with Crippen LogP contribution in [0.1, 0.15) is 12.7 Å². The Morgan fingerprint density at radius 1 is 1.29 bits per heavy atom. The number of carbonyl (C=O) groups excluding carboxylic acids is 1. The number of benzene rings is 1. The van der Waals surface area contributed by atoms with Gasteiger partial charge in [-0.3, -0.25) is 4.79 Å². The number of aromatic nitrogens is 4. The third kappa shape index (κ3) is 3.32. The van der Waals surface area contributed by atoms with Gasteiger partial charge in [-0.05, 0) is 25.1 Å². The largest absolute Gasteiger partial charge is 0.368 e. The van der Waals surface area contributed by atoms with Gasteiger partial charge in [-0.2, -0.15) is 5.10 Å². The molecule has 0 bridgehead atoms. The van der Waals surface area contributed by atoms with Crippen LogP contribution in [0.4, 0.5) is 10.2 Å². The van der Waals surface area contributed by atoms with Gasteiger partial charge in [0.25, 0.3) is 0 Å². The number of hydrogen-bond donors (Lipinski definition) is 2. The van der Waals surface area contributed by atoms with Crippen molar-refractivity contribution in [2.75, 3.05) is 18.4 Å². The lowest BCUT2D eigenvalue weighted by molar-refractivity contribution is -0.118. The Balaban J connectivity index is 1.93. The van der Waals surface area contributed by atoms with Crippen LogP contribution in [0.2, 0.25) is 0 Å². The highest BCUT2D eigenvalue weighted by atomic mass is 19.1. The van der Waals surface area contributed by atoms with Gasteiger partial charge in [0.2, 0.25) is 5.91 Å². The van der Waals surface area contributed by atoms with E-state index in [1.54, 1.807) is 29.9 Å². The minimum atomic E-state index is -0.337. The lowest BCUT2D eigenvalue weighted by Crippen LogP contribution is -2.26. The molecule has 0 radical (unpaired) electrons. The van der Waals surface area contributed by atoms with Gasteiger partial charge in [-0.25, -0.2) is 19.0 Å². The highest BCUT2D eigenvalue weighted by molar-refractivity contribution is 5.87. The summed E-state index contributed by atoms with van der Waals surface area (Å²) in [5, 5.41) is 10.9. The van der Waals surface area contributed by atoms with Crippen LogP contribution in [-0.2, 0) is 4.79 Å². The Morgan fingerprint density at radius 2 is 2.12 bits per heavy atom. The third-order valence-electron chi connectivity index (χ3n) is 3.38. The summed E-state index contributed by atoms with van der Waals surface area (Å²) in [6.45, 7) is 4.26. The maximum absolute atomic E-state index is 13.5. The molecule has 0 unspecified atom stereocenters. The summed E-state index contributed by atoms with van der Waals surface area (Å²) < 4.78 is 15.0. The molecule has 3 rings (SSSR count). The van der Waals surface area contributed by atoms with Crippen molar-refractivity contribution >= 4 is 22.8 Å². The number of nitrogens with zero attached hydrogens (tertiary/aromatic N) is 4. The summed E-state index contributed by atoms with van der Waals surface area (Å²) in [5.41, 5.74) is 1.18. The molecule has 0 spiro atoms. The predicted octanol–water partition coefficient (Wildman–Crippen LogP) is 1.81. The van der Waals surface area contributed by atoms with Crippen molar-refractivity contribution in [2.24, 2.45) is 0 Å². The van der Waals surface area contributed by atoms with Crippen molar-refractivity contribution < 1.29 is 9.18 Å². The van der Waals surface area contributed by atoms with Crippen LogP contribution in [-0.4, -0.2) is 38.7 Å². The van der Waals surface area contributed by atoms with E-state index in [4.69, 9.17) is 0 Å². The standard InChI is InChI=1S/C16H17FN6O/c1-10-21-15(19-7-6-18-11(2)24)14-9-20-23(16(14)22-10)13-5-3-4-12(17)8-13/h3-5,8-9H,6-7H2,1-2H3,(H,18,24)(H,19,21,22). The summed E-state index contributed by atoms with van der Waals surface area (Å²) in [6.07, 6.45) is 1.64. The Hall–Kier alpha value is -3.03. The molecule has 1 amide bonds. The zero-order chi connectivity index (χ0) is 17.1. The topological polar surface area (TPSA) is 84.7 Å². The van der Waals surface area contributed by atoms with Crippen LogP contribution < -0.4 is 10.6 Å². The van der Waals surface area contributed by atoms with Crippen LogP contribution in [0.5, 0.6) is 0 Å². The van der Waals surface area contributed by atoms with E-state index in [0.29, 0.717) is 36.1 Å². The number of fused-ring (bicyclic) bond motifs is 1. The van der Waals surface area contributed by atoms with Crippen LogP contribution >= 0.6 is 0 Å². The zero-order valence-corrected chi connectivity index (χ0v) is 13.4. The Kier molecular flexibility index (Phi) is 4.37. The molecule has 2 aromatic heterocycles. The SMILES string of the molecule is CC(=O)NCCNc1nc(C)nc2c1cnn2-c1cccc(F)c1. The van der Waals surface area contributed by atoms with E-state index in [-0.39, 0.29) is 11.7 Å². The number of nitrogens with one attached hydrogen (secondary N) is 2. The Morgan fingerprint density at radius 3 is 2.88 bits per heavy atom. The minimum Gasteiger partial charge on any atom is -0.368 e. The van der Waals surface area contributed by atoms with Crippen LogP contribution in [0.3, 0.4) is 0 Å². The van der Waals surface area contributed by atoms with E-state index < -0.39 is 0 Å². The summed E-state index contributed by atoms with van der Waals surface area (Å²) >= 11 is 0. The van der Waals surface area contributed by atoms with Gasteiger partial charge in [0.1, 0.15) is 17.5 Å². The van der Waals surface area contributed by atoms with Gasteiger partial charge in [-0.1, -0.05) is 6.07 Å². The minimum absolute atomic E-state index is 0.0836. The molecule has 0 aliphatic carbocycles. The van der Waals surface area contributed by atoms with E-state index in [1.807, 2.05) is 0 Å². The highest BCUT2D eigenvalue weighted by Gasteiger charge is 2.13. The molecule has 0 aliphatic heterocycles. The summed E-state index contributed by atoms with van der Waals surface area (Å²) in [7, 11) is 0. The van der Waals surface area contributed by atoms with E-state index in [2.05, 4.69) is 25.7 Å². The molecule has 0 atom stereocenters. The van der Waals surface area contributed by atoms with E-state index in [0.717, 1.165) is 5.39 Å². The molecule has 1 aromatic carbocycles. The van der Waals surface area contributed by atoms with Gasteiger partial charge >= 0.3 is 0 Å². The van der Waals surface area contributed by atoms with Gasteiger partial charge in [0.15, 0.2) is 5.65 Å². The average molecular weight is 328 g/mol. The number of aryl methyl sites for hydroxylation is 1. The first-order valence-corrected chi connectivity index (χ1v) is 7.51. The fourth-order valence-corrected chi connectivity index (χ4v) is 2.37. The summed E-state index contributed by atoms with van der Waals surface area (Å²) in [5.74, 6) is 0.781. The van der Waals surface area contributed by atoms with Gasteiger partial charge in [0.05, 0.1) is 17.3 Å². The monoisotopic (exact) mass is 328 g/mol. The van der Waals surface area contributed by atoms with Crippen LogP contribution in [0.25, 0.3) is 16.7 Å². The Bertz CT molecular complexity index is 891. The summed E-state index contributed by atoms with van der Waals surface area (Å²) in [6, 6.07) is 6.16. The average Bonchev–Trinajstić information content (AvgIpc) is 2.95. The van der Waals surface area contributed by atoms with E-state index in [9.17, 15) is 9.18 Å². The zero-order valence-electron chi connectivity index (χ0n) is 13.4. The van der Waals surface area contributed by atoms with Crippen molar-refractivity contribution in [3.63, 3.8) is 0 Å². The van der Waals surface area contributed by atoms with Crippen molar-refractivity contribution in [2.45, 2.75) is 13.8 Å². The molecule has 124 valence electrons. The van der Waals surface area contributed by atoms with E-state index >= 15 is 0 Å². The molecule has 3 aromatic rings. The van der Waals surface area contributed by atoms with Crippen LogP contribution in [0, 0.1) is 12.7 Å². The number of halogens is 1. The molecule has 0 saturated heterocycles. The molecule has 8 heteroatoms. The number of anilines is 1. The molecule has 7 nitrogen and oxygen atoms in total. The first-order valence-electron chi connectivity index (χ1n) is 7.51. The highest BCUT2D eigenvalue weighted by Crippen LogP contribution is 2.22. The maximum Gasteiger partial charge on any atom is 0.216 e. The predicted molar refractivity (Wildman–Crippen MR) is 88.5 cm³/mol. The summed E-state index contributed by atoms with van der Waals surface area (Å²) in [4.78, 5) is 19.7. The number of amides is 1. The normalized spacial score (nSPS) is 10.8. The molecule has 0 saturated carbocycles.